The summed E-state index contributed by atoms with van der Waals surface area (Å²) in [6.45, 7) is 7.01. The molecule has 3 nitrogen and oxygen atoms in total. The van der Waals surface area contributed by atoms with Crippen LogP contribution in [-0.2, 0) is 11.3 Å². The van der Waals surface area contributed by atoms with E-state index < -0.39 is 0 Å². The van der Waals surface area contributed by atoms with E-state index in [1.165, 1.54) is 16.1 Å². The van der Waals surface area contributed by atoms with Gasteiger partial charge in [-0.25, -0.2) is 0 Å². The minimum absolute atomic E-state index is 0.357. The average molecular weight is 302 g/mol. The van der Waals surface area contributed by atoms with E-state index in [4.69, 9.17) is 4.74 Å². The fourth-order valence-corrected chi connectivity index (χ4v) is 3.32. The molecule has 1 unspecified atom stereocenters. The van der Waals surface area contributed by atoms with Crippen LogP contribution in [0.15, 0.2) is 41.8 Å². The highest BCUT2D eigenvalue weighted by molar-refractivity contribution is 7.10. The van der Waals surface area contributed by atoms with Crippen molar-refractivity contribution in [3.8, 4) is 0 Å². The van der Waals surface area contributed by atoms with Crippen molar-refractivity contribution in [1.29, 1.82) is 0 Å². The van der Waals surface area contributed by atoms with Crippen molar-refractivity contribution in [3.63, 3.8) is 0 Å². The van der Waals surface area contributed by atoms with Crippen molar-refractivity contribution < 1.29 is 4.74 Å². The molecule has 0 amide bonds. The molecule has 1 fully saturated rings. The molecule has 1 aromatic carbocycles. The molecule has 0 bridgehead atoms. The van der Waals surface area contributed by atoms with E-state index in [0.717, 1.165) is 32.8 Å². The molecule has 21 heavy (non-hydrogen) atoms. The summed E-state index contributed by atoms with van der Waals surface area (Å²) >= 11 is 1.80. The lowest BCUT2D eigenvalue weighted by Crippen LogP contribution is -2.35. The molecule has 112 valence electrons. The van der Waals surface area contributed by atoms with Gasteiger partial charge in [0.15, 0.2) is 0 Å². The molecule has 1 N–H and O–H groups in total. The van der Waals surface area contributed by atoms with Crippen LogP contribution in [0.25, 0.3) is 0 Å². The first kappa shape index (κ1) is 14.6. The van der Waals surface area contributed by atoms with Crippen LogP contribution >= 0.6 is 11.3 Å². The maximum Gasteiger partial charge on any atom is 0.0594 e. The summed E-state index contributed by atoms with van der Waals surface area (Å²) in [5.41, 5.74) is 2.55. The van der Waals surface area contributed by atoms with Crippen LogP contribution < -0.4 is 5.32 Å². The molecule has 0 aliphatic carbocycles. The second-order valence-electron chi connectivity index (χ2n) is 5.47. The van der Waals surface area contributed by atoms with Crippen LogP contribution in [0.4, 0.5) is 5.69 Å². The molecular formula is C17H22N2OS. The van der Waals surface area contributed by atoms with Gasteiger partial charge >= 0.3 is 0 Å². The summed E-state index contributed by atoms with van der Waals surface area (Å²) in [5.74, 6) is 0. The molecule has 1 atom stereocenters. The lowest BCUT2D eigenvalue weighted by molar-refractivity contribution is 0.0342. The van der Waals surface area contributed by atoms with Gasteiger partial charge in [0, 0.05) is 30.2 Å². The first-order valence-electron chi connectivity index (χ1n) is 7.50. The lowest BCUT2D eigenvalue weighted by Gasteiger charge is -2.26. The molecule has 1 aliphatic rings. The maximum atomic E-state index is 5.38. The molecule has 1 aromatic heterocycles. The van der Waals surface area contributed by atoms with Crippen molar-refractivity contribution in [2.24, 2.45) is 0 Å². The minimum atomic E-state index is 0.357. The minimum Gasteiger partial charge on any atom is -0.379 e. The fourth-order valence-electron chi connectivity index (χ4n) is 2.58. The number of nitrogens with zero attached hydrogens (tertiary/aromatic N) is 1. The zero-order valence-corrected chi connectivity index (χ0v) is 13.2. The maximum absolute atomic E-state index is 5.38. The Morgan fingerprint density at radius 1 is 1.19 bits per heavy atom. The van der Waals surface area contributed by atoms with Gasteiger partial charge < -0.3 is 10.1 Å². The molecule has 0 radical (unpaired) electrons. The van der Waals surface area contributed by atoms with Gasteiger partial charge in [0.05, 0.1) is 19.3 Å². The molecular weight excluding hydrogens is 280 g/mol. The molecule has 4 heteroatoms. The lowest BCUT2D eigenvalue weighted by atomic mass is 10.1. The van der Waals surface area contributed by atoms with Crippen LogP contribution in [-0.4, -0.2) is 31.2 Å². The summed E-state index contributed by atoms with van der Waals surface area (Å²) in [4.78, 5) is 3.81. The Balaban J connectivity index is 1.56. The largest absolute Gasteiger partial charge is 0.379 e. The Bertz CT molecular complexity index is 532. The van der Waals surface area contributed by atoms with Gasteiger partial charge in [-0.1, -0.05) is 18.2 Å². The number of benzene rings is 1. The van der Waals surface area contributed by atoms with Crippen LogP contribution in [0, 0.1) is 0 Å². The van der Waals surface area contributed by atoms with E-state index in [1.807, 2.05) is 0 Å². The van der Waals surface area contributed by atoms with Crippen molar-refractivity contribution >= 4 is 17.0 Å². The number of ether oxygens (including phenoxy) is 1. The highest BCUT2D eigenvalue weighted by Crippen LogP contribution is 2.23. The Morgan fingerprint density at radius 2 is 1.95 bits per heavy atom. The molecule has 0 spiro atoms. The number of rotatable bonds is 5. The van der Waals surface area contributed by atoms with E-state index in [0.29, 0.717) is 6.04 Å². The predicted octanol–water partition coefficient (Wildman–Crippen LogP) is 3.75. The van der Waals surface area contributed by atoms with Gasteiger partial charge in [0.25, 0.3) is 0 Å². The van der Waals surface area contributed by atoms with Gasteiger partial charge in [-0.2, -0.15) is 0 Å². The third-order valence-electron chi connectivity index (χ3n) is 3.82. The molecule has 2 heterocycles. The second kappa shape index (κ2) is 7.07. The van der Waals surface area contributed by atoms with E-state index in [1.54, 1.807) is 11.3 Å². The van der Waals surface area contributed by atoms with Crippen molar-refractivity contribution in [1.82, 2.24) is 4.90 Å². The van der Waals surface area contributed by atoms with Crippen molar-refractivity contribution in [2.75, 3.05) is 31.6 Å². The third kappa shape index (κ3) is 4.06. The normalized spacial score (nSPS) is 17.6. The summed E-state index contributed by atoms with van der Waals surface area (Å²) in [5, 5.41) is 5.68. The van der Waals surface area contributed by atoms with Gasteiger partial charge in [0.2, 0.25) is 0 Å². The Hall–Kier alpha value is -1.36. The molecule has 0 saturated carbocycles. The summed E-state index contributed by atoms with van der Waals surface area (Å²) in [7, 11) is 0. The molecule has 1 aliphatic heterocycles. The standard InChI is InChI=1S/C17H22N2OS/c1-14(17-3-2-12-21-17)18-16-6-4-15(5-7-16)13-19-8-10-20-11-9-19/h2-7,12,14,18H,8-11,13H2,1H3. The number of hydrogen-bond donors (Lipinski definition) is 1. The van der Waals surface area contributed by atoms with Crippen LogP contribution in [0.2, 0.25) is 0 Å². The molecule has 3 rings (SSSR count). The van der Waals surface area contributed by atoms with Gasteiger partial charge in [-0.05, 0) is 36.1 Å². The first-order valence-corrected chi connectivity index (χ1v) is 8.38. The van der Waals surface area contributed by atoms with Gasteiger partial charge in [0.1, 0.15) is 0 Å². The highest BCUT2D eigenvalue weighted by Gasteiger charge is 2.11. The van der Waals surface area contributed by atoms with E-state index in [9.17, 15) is 0 Å². The number of thiophene rings is 1. The Labute approximate surface area is 130 Å². The number of hydrogen-bond acceptors (Lipinski definition) is 4. The third-order valence-corrected chi connectivity index (χ3v) is 4.87. The number of nitrogens with one attached hydrogen (secondary N) is 1. The van der Waals surface area contributed by atoms with Gasteiger partial charge in [-0.15, -0.1) is 11.3 Å². The van der Waals surface area contributed by atoms with Crippen LogP contribution in [0.3, 0.4) is 0 Å². The van der Waals surface area contributed by atoms with Crippen molar-refractivity contribution in [3.05, 3.63) is 52.2 Å². The topological polar surface area (TPSA) is 24.5 Å². The van der Waals surface area contributed by atoms with E-state index >= 15 is 0 Å². The van der Waals surface area contributed by atoms with Crippen LogP contribution in [0.5, 0.6) is 0 Å². The summed E-state index contributed by atoms with van der Waals surface area (Å²) in [6.07, 6.45) is 0. The number of morpholine rings is 1. The summed E-state index contributed by atoms with van der Waals surface area (Å²) < 4.78 is 5.38. The van der Waals surface area contributed by atoms with E-state index in [2.05, 4.69) is 58.9 Å². The first-order chi connectivity index (χ1) is 10.3. The summed E-state index contributed by atoms with van der Waals surface area (Å²) in [6, 6.07) is 13.4. The van der Waals surface area contributed by atoms with Gasteiger partial charge in [-0.3, -0.25) is 4.90 Å². The monoisotopic (exact) mass is 302 g/mol. The smallest absolute Gasteiger partial charge is 0.0594 e. The average Bonchev–Trinajstić information content (AvgIpc) is 3.05. The predicted molar refractivity (Wildman–Crippen MR) is 88.9 cm³/mol. The SMILES string of the molecule is CC(Nc1ccc(CN2CCOCC2)cc1)c1cccs1. The highest BCUT2D eigenvalue weighted by atomic mass is 32.1. The zero-order chi connectivity index (χ0) is 14.5. The van der Waals surface area contributed by atoms with Crippen LogP contribution in [0.1, 0.15) is 23.4 Å². The Kier molecular flexibility index (Phi) is 4.91. The van der Waals surface area contributed by atoms with Crippen molar-refractivity contribution in [2.45, 2.75) is 19.5 Å². The molecule has 1 saturated heterocycles. The second-order valence-corrected chi connectivity index (χ2v) is 6.45. The Morgan fingerprint density at radius 3 is 2.62 bits per heavy atom. The zero-order valence-electron chi connectivity index (χ0n) is 12.4. The fraction of sp³-hybridized carbons (Fsp3) is 0.412. The number of anilines is 1. The quantitative estimate of drug-likeness (QED) is 0.910. The van der Waals surface area contributed by atoms with E-state index in [-0.39, 0.29) is 0 Å². The molecule has 2 aromatic rings.